The van der Waals surface area contributed by atoms with Crippen molar-refractivity contribution in [1.29, 1.82) is 0 Å². The van der Waals surface area contributed by atoms with E-state index in [9.17, 15) is 0 Å². The minimum absolute atomic E-state index is 0.525. The topological polar surface area (TPSA) is 64.9 Å². The van der Waals surface area contributed by atoms with Crippen molar-refractivity contribution in [2.24, 2.45) is 5.92 Å². The van der Waals surface area contributed by atoms with E-state index in [0.717, 1.165) is 27.3 Å². The molecule has 1 aromatic heterocycles. The van der Waals surface area contributed by atoms with Crippen molar-refractivity contribution in [3.63, 3.8) is 0 Å². The molecule has 5 heteroatoms. The molecule has 1 aromatic carbocycles. The van der Waals surface area contributed by atoms with Gasteiger partial charge in [-0.1, -0.05) is 5.16 Å². The molecule has 1 fully saturated rings. The van der Waals surface area contributed by atoms with Crippen LogP contribution in [0.4, 0.5) is 5.69 Å². The van der Waals surface area contributed by atoms with E-state index in [1.807, 2.05) is 18.2 Å². The normalized spacial score (nSPS) is 15.1. The summed E-state index contributed by atoms with van der Waals surface area (Å²) < 4.78 is 6.38. The van der Waals surface area contributed by atoms with E-state index < -0.39 is 0 Å². The second-order valence-corrected chi connectivity index (χ2v) is 5.64. The van der Waals surface area contributed by atoms with E-state index in [-0.39, 0.29) is 0 Å². The summed E-state index contributed by atoms with van der Waals surface area (Å²) >= 11 is 2.24. The first-order valence-corrected chi connectivity index (χ1v) is 6.68. The van der Waals surface area contributed by atoms with Gasteiger partial charge >= 0.3 is 0 Å². The summed E-state index contributed by atoms with van der Waals surface area (Å²) in [6.07, 6.45) is 3.50. The lowest BCUT2D eigenvalue weighted by Crippen LogP contribution is -1.92. The van der Waals surface area contributed by atoms with Gasteiger partial charge in [-0.2, -0.15) is 4.98 Å². The van der Waals surface area contributed by atoms with Gasteiger partial charge in [0.2, 0.25) is 0 Å². The summed E-state index contributed by atoms with van der Waals surface area (Å²) in [5.74, 6) is 2.08. The van der Waals surface area contributed by atoms with Gasteiger partial charge in [-0.25, -0.2) is 0 Å². The average molecular weight is 341 g/mol. The monoisotopic (exact) mass is 341 g/mol. The number of halogens is 1. The second-order valence-electron chi connectivity index (χ2n) is 4.39. The highest BCUT2D eigenvalue weighted by Gasteiger charge is 2.24. The van der Waals surface area contributed by atoms with Gasteiger partial charge in [-0.3, -0.25) is 0 Å². The summed E-state index contributed by atoms with van der Waals surface area (Å²) in [5.41, 5.74) is 7.41. The van der Waals surface area contributed by atoms with Gasteiger partial charge in [-0.15, -0.1) is 0 Å². The van der Waals surface area contributed by atoms with Gasteiger partial charge < -0.3 is 10.3 Å². The molecule has 0 atom stereocenters. The molecule has 0 aliphatic heterocycles. The van der Waals surface area contributed by atoms with Crippen LogP contribution in [0.15, 0.2) is 22.7 Å². The number of hydrogen-bond acceptors (Lipinski definition) is 4. The quantitative estimate of drug-likeness (QED) is 0.689. The van der Waals surface area contributed by atoms with Crippen LogP contribution >= 0.6 is 22.6 Å². The van der Waals surface area contributed by atoms with Crippen LogP contribution in [0.3, 0.4) is 0 Å². The van der Waals surface area contributed by atoms with Crippen molar-refractivity contribution in [2.45, 2.75) is 19.3 Å². The fourth-order valence-electron chi connectivity index (χ4n) is 1.74. The molecule has 17 heavy (non-hydrogen) atoms. The predicted molar refractivity (Wildman–Crippen MR) is 73.3 cm³/mol. The molecule has 0 saturated heterocycles. The Hall–Kier alpha value is -1.11. The van der Waals surface area contributed by atoms with Crippen LogP contribution in [0.25, 0.3) is 11.5 Å². The fraction of sp³-hybridized carbons (Fsp3) is 0.333. The van der Waals surface area contributed by atoms with Gasteiger partial charge in [0.05, 0.1) is 5.56 Å². The van der Waals surface area contributed by atoms with Gasteiger partial charge in [-0.05, 0) is 59.5 Å². The van der Waals surface area contributed by atoms with Crippen LogP contribution in [0.2, 0.25) is 0 Å². The Morgan fingerprint density at radius 1 is 1.41 bits per heavy atom. The Bertz CT molecular complexity index is 548. The Balaban J connectivity index is 1.91. The van der Waals surface area contributed by atoms with E-state index in [4.69, 9.17) is 10.3 Å². The number of nitrogens with zero attached hydrogens (tertiary/aromatic N) is 2. The van der Waals surface area contributed by atoms with Crippen molar-refractivity contribution in [2.75, 3.05) is 5.73 Å². The molecule has 0 bridgehead atoms. The maximum absolute atomic E-state index is 5.91. The molecule has 88 valence electrons. The minimum Gasteiger partial charge on any atom is -0.398 e. The van der Waals surface area contributed by atoms with Crippen LogP contribution < -0.4 is 5.73 Å². The molecule has 1 aliphatic carbocycles. The molecule has 0 unspecified atom stereocenters. The highest BCUT2D eigenvalue weighted by atomic mass is 127. The van der Waals surface area contributed by atoms with Crippen LogP contribution in [0, 0.1) is 9.49 Å². The van der Waals surface area contributed by atoms with E-state index in [2.05, 4.69) is 32.7 Å². The summed E-state index contributed by atoms with van der Waals surface area (Å²) in [5, 5.41) is 4.00. The summed E-state index contributed by atoms with van der Waals surface area (Å²) in [6, 6.07) is 5.78. The lowest BCUT2D eigenvalue weighted by Gasteiger charge is -2.00. The zero-order valence-corrected chi connectivity index (χ0v) is 11.3. The van der Waals surface area contributed by atoms with Gasteiger partial charge in [0.15, 0.2) is 5.82 Å². The molecule has 0 radical (unpaired) electrons. The van der Waals surface area contributed by atoms with Gasteiger partial charge in [0.25, 0.3) is 5.89 Å². The van der Waals surface area contributed by atoms with Crippen molar-refractivity contribution in [3.8, 4) is 11.5 Å². The third-order valence-corrected chi connectivity index (χ3v) is 3.55. The van der Waals surface area contributed by atoms with E-state index in [0.29, 0.717) is 11.6 Å². The van der Waals surface area contributed by atoms with E-state index in [1.165, 1.54) is 12.8 Å². The minimum atomic E-state index is 0.525. The highest BCUT2D eigenvalue weighted by Crippen LogP contribution is 2.33. The van der Waals surface area contributed by atoms with Crippen LogP contribution in [0.1, 0.15) is 18.7 Å². The zero-order valence-electron chi connectivity index (χ0n) is 9.19. The Morgan fingerprint density at radius 2 is 2.24 bits per heavy atom. The number of nitrogens with two attached hydrogens (primary N) is 1. The van der Waals surface area contributed by atoms with Crippen LogP contribution in [-0.2, 0) is 6.42 Å². The third-order valence-electron chi connectivity index (χ3n) is 2.88. The lowest BCUT2D eigenvalue weighted by atomic mass is 10.2. The maximum Gasteiger partial charge on any atom is 0.260 e. The fourth-order valence-corrected chi connectivity index (χ4v) is 2.23. The Morgan fingerprint density at radius 3 is 3.00 bits per heavy atom. The molecule has 0 spiro atoms. The molecule has 2 aromatic rings. The van der Waals surface area contributed by atoms with Crippen molar-refractivity contribution >= 4 is 28.3 Å². The molecule has 1 aliphatic rings. The number of hydrogen-bond donors (Lipinski definition) is 1. The Kier molecular flexibility index (Phi) is 2.78. The molecule has 3 rings (SSSR count). The lowest BCUT2D eigenvalue weighted by molar-refractivity contribution is 0.421. The number of nitrogen functional groups attached to an aromatic ring is 1. The first-order chi connectivity index (χ1) is 8.22. The SMILES string of the molecule is Nc1ccc(I)cc1-c1nc(CC2CC2)no1. The molecular formula is C12H12IN3O. The van der Waals surface area contributed by atoms with Crippen molar-refractivity contribution < 1.29 is 4.52 Å². The van der Waals surface area contributed by atoms with E-state index >= 15 is 0 Å². The average Bonchev–Trinajstić information content (AvgIpc) is 2.99. The molecule has 0 amide bonds. The summed E-state index contributed by atoms with van der Waals surface area (Å²) in [6.45, 7) is 0. The number of benzene rings is 1. The largest absolute Gasteiger partial charge is 0.398 e. The summed E-state index contributed by atoms with van der Waals surface area (Å²) in [7, 11) is 0. The molecular weight excluding hydrogens is 329 g/mol. The van der Waals surface area contributed by atoms with Crippen molar-refractivity contribution in [1.82, 2.24) is 10.1 Å². The highest BCUT2D eigenvalue weighted by molar-refractivity contribution is 14.1. The van der Waals surface area contributed by atoms with Crippen molar-refractivity contribution in [3.05, 3.63) is 27.6 Å². The standard InChI is InChI=1S/C12H12IN3O/c13-8-3-4-10(14)9(6-8)12-15-11(16-17-12)5-7-1-2-7/h3-4,6-7H,1-2,5,14H2. The van der Waals surface area contributed by atoms with E-state index in [1.54, 1.807) is 0 Å². The predicted octanol–water partition coefficient (Wildman–Crippen LogP) is 2.88. The summed E-state index contributed by atoms with van der Waals surface area (Å²) in [4.78, 5) is 4.40. The van der Waals surface area contributed by atoms with Crippen LogP contribution in [-0.4, -0.2) is 10.1 Å². The zero-order chi connectivity index (χ0) is 11.8. The molecule has 1 saturated carbocycles. The third kappa shape index (κ3) is 2.43. The number of anilines is 1. The molecule has 4 nitrogen and oxygen atoms in total. The second kappa shape index (κ2) is 4.29. The molecule has 1 heterocycles. The first kappa shape index (κ1) is 11.0. The first-order valence-electron chi connectivity index (χ1n) is 5.60. The number of aromatic nitrogens is 2. The van der Waals surface area contributed by atoms with Gasteiger partial charge in [0, 0.05) is 15.7 Å². The Labute approximate surface area is 113 Å². The number of rotatable bonds is 3. The van der Waals surface area contributed by atoms with Gasteiger partial charge in [0.1, 0.15) is 0 Å². The van der Waals surface area contributed by atoms with Crippen LogP contribution in [0.5, 0.6) is 0 Å². The smallest absolute Gasteiger partial charge is 0.260 e. The maximum atomic E-state index is 5.91. The molecule has 2 N–H and O–H groups in total.